The molecule has 0 saturated heterocycles. The largest absolute Gasteiger partial charge is 0.479 e. The molecule has 2 aliphatic carbocycles. The summed E-state index contributed by atoms with van der Waals surface area (Å²) < 4.78 is 0. The van der Waals surface area contributed by atoms with Crippen LogP contribution >= 0.6 is 0 Å². The van der Waals surface area contributed by atoms with Crippen molar-refractivity contribution in [2.75, 3.05) is 6.61 Å². The van der Waals surface area contributed by atoms with Gasteiger partial charge in [0.1, 0.15) is 18.3 Å². The first kappa shape index (κ1) is 17.1. The molecule has 0 aromatic rings. The summed E-state index contributed by atoms with van der Waals surface area (Å²) in [5.74, 6) is 0.256. The number of carboxylic acids is 1. The molecule has 2 rings (SSSR count). The van der Waals surface area contributed by atoms with Gasteiger partial charge in [0.05, 0.1) is 6.61 Å². The summed E-state index contributed by atoms with van der Waals surface area (Å²) >= 11 is 0. The molecule has 0 heterocycles. The van der Waals surface area contributed by atoms with Crippen LogP contribution in [-0.4, -0.2) is 67.6 Å². The highest BCUT2D eigenvalue weighted by molar-refractivity contribution is 5.72. The number of hydrogen-bond donors (Lipinski definition) is 6. The number of aliphatic carboxylic acids is 1. The fraction of sp³-hybridized carbons (Fsp3) is 0.769. The Morgan fingerprint density at radius 2 is 1.55 bits per heavy atom. The van der Waals surface area contributed by atoms with Gasteiger partial charge in [0.2, 0.25) is 0 Å². The maximum absolute atomic E-state index is 10.1. The molecule has 1 fully saturated rings. The minimum Gasteiger partial charge on any atom is -0.479 e. The van der Waals surface area contributed by atoms with Crippen LogP contribution in [0.2, 0.25) is 0 Å². The van der Waals surface area contributed by atoms with Gasteiger partial charge in [-0.15, -0.1) is 0 Å². The van der Waals surface area contributed by atoms with Crippen molar-refractivity contribution in [2.45, 2.75) is 43.7 Å². The fourth-order valence-corrected chi connectivity index (χ4v) is 2.39. The van der Waals surface area contributed by atoms with Crippen molar-refractivity contribution in [3.8, 4) is 0 Å². The lowest BCUT2D eigenvalue weighted by molar-refractivity contribution is -0.164. The van der Waals surface area contributed by atoms with E-state index in [9.17, 15) is 4.79 Å². The summed E-state index contributed by atoms with van der Waals surface area (Å²) in [7, 11) is 0. The van der Waals surface area contributed by atoms with E-state index in [0.29, 0.717) is 0 Å². The molecule has 20 heavy (non-hydrogen) atoms. The predicted octanol–water partition coefficient (Wildman–Crippen LogP) is -1.52. The minimum atomic E-state index is -2.20. The zero-order valence-electron chi connectivity index (χ0n) is 11.0. The summed E-state index contributed by atoms with van der Waals surface area (Å²) in [6, 6.07) is 0. The summed E-state index contributed by atoms with van der Waals surface area (Å²) in [5, 5.41) is 51.8. The minimum absolute atomic E-state index is 0.843. The molecule has 0 amide bonds. The SMILES string of the molecule is C1=CC2CCC1C2.O=C(O)[C@H](O)[C@@H](O)[C@H](O)[C@H](O)CO. The van der Waals surface area contributed by atoms with Crippen molar-refractivity contribution in [2.24, 2.45) is 11.8 Å². The molecule has 2 aliphatic rings. The number of rotatable bonds is 5. The molecule has 1 saturated carbocycles. The summed E-state index contributed by atoms with van der Waals surface area (Å²) in [6.07, 6.45) is 1.35. The van der Waals surface area contributed by atoms with Crippen LogP contribution in [0.5, 0.6) is 0 Å². The highest BCUT2D eigenvalue weighted by atomic mass is 16.4. The first-order valence-corrected chi connectivity index (χ1v) is 6.61. The van der Waals surface area contributed by atoms with E-state index >= 15 is 0 Å². The van der Waals surface area contributed by atoms with Crippen molar-refractivity contribution < 1.29 is 35.4 Å². The van der Waals surface area contributed by atoms with Gasteiger partial charge in [-0.3, -0.25) is 0 Å². The normalized spacial score (nSPS) is 29.2. The van der Waals surface area contributed by atoms with E-state index in [0.717, 1.165) is 11.8 Å². The summed E-state index contributed by atoms with van der Waals surface area (Å²) in [6.45, 7) is -0.843. The molecule has 2 bridgehead atoms. The van der Waals surface area contributed by atoms with Gasteiger partial charge in [0.15, 0.2) is 6.10 Å². The summed E-state index contributed by atoms with van der Waals surface area (Å²) in [5.41, 5.74) is 0. The molecule has 6 N–H and O–H groups in total. The molecule has 6 atom stereocenters. The van der Waals surface area contributed by atoms with E-state index in [4.69, 9.17) is 30.6 Å². The number of hydrogen-bond acceptors (Lipinski definition) is 6. The van der Waals surface area contributed by atoms with Crippen LogP contribution in [0.1, 0.15) is 19.3 Å². The molecular formula is C13H22O7. The second-order valence-electron chi connectivity index (χ2n) is 5.23. The third kappa shape index (κ3) is 4.53. The van der Waals surface area contributed by atoms with Crippen molar-refractivity contribution >= 4 is 5.97 Å². The smallest absolute Gasteiger partial charge is 0.335 e. The molecule has 7 heteroatoms. The quantitative estimate of drug-likeness (QED) is 0.338. The zero-order valence-corrected chi connectivity index (χ0v) is 11.0. The molecule has 0 aromatic heterocycles. The Kier molecular flexibility index (Phi) is 6.57. The van der Waals surface area contributed by atoms with Crippen LogP contribution < -0.4 is 0 Å². The highest BCUT2D eigenvalue weighted by Crippen LogP contribution is 2.38. The lowest BCUT2D eigenvalue weighted by Crippen LogP contribution is -2.48. The molecule has 2 unspecified atom stereocenters. The Morgan fingerprint density at radius 3 is 1.80 bits per heavy atom. The molecule has 0 spiro atoms. The summed E-state index contributed by atoms with van der Waals surface area (Å²) in [4.78, 5) is 10.1. The van der Waals surface area contributed by atoms with Crippen molar-refractivity contribution in [3.05, 3.63) is 12.2 Å². The topological polar surface area (TPSA) is 138 Å². The molecule has 0 radical (unpaired) electrons. The van der Waals surface area contributed by atoms with Crippen molar-refractivity contribution in [1.82, 2.24) is 0 Å². The molecule has 0 aliphatic heterocycles. The third-order valence-electron chi connectivity index (χ3n) is 3.68. The van der Waals surface area contributed by atoms with Crippen LogP contribution in [0.15, 0.2) is 12.2 Å². The fourth-order valence-electron chi connectivity index (χ4n) is 2.39. The Balaban J connectivity index is 0.000000233. The lowest BCUT2D eigenvalue weighted by Gasteiger charge is -2.23. The van der Waals surface area contributed by atoms with Gasteiger partial charge in [0, 0.05) is 0 Å². The van der Waals surface area contributed by atoms with Crippen LogP contribution in [0.3, 0.4) is 0 Å². The average molecular weight is 290 g/mol. The number of fused-ring (bicyclic) bond motifs is 2. The van der Waals surface area contributed by atoms with Gasteiger partial charge in [-0.2, -0.15) is 0 Å². The van der Waals surface area contributed by atoms with E-state index in [1.54, 1.807) is 0 Å². The number of aliphatic hydroxyl groups is 5. The Morgan fingerprint density at radius 1 is 1.05 bits per heavy atom. The van der Waals surface area contributed by atoms with Gasteiger partial charge in [-0.1, -0.05) is 12.2 Å². The van der Waals surface area contributed by atoms with Gasteiger partial charge in [0.25, 0.3) is 0 Å². The van der Waals surface area contributed by atoms with E-state index < -0.39 is 37.0 Å². The number of allylic oxidation sites excluding steroid dienone is 2. The van der Waals surface area contributed by atoms with Gasteiger partial charge >= 0.3 is 5.97 Å². The first-order valence-electron chi connectivity index (χ1n) is 6.61. The van der Waals surface area contributed by atoms with Gasteiger partial charge in [-0.05, 0) is 31.1 Å². The third-order valence-corrected chi connectivity index (χ3v) is 3.68. The van der Waals surface area contributed by atoms with Crippen LogP contribution in [0.4, 0.5) is 0 Å². The molecule has 116 valence electrons. The van der Waals surface area contributed by atoms with E-state index in [1.807, 2.05) is 0 Å². The van der Waals surface area contributed by atoms with E-state index in [-0.39, 0.29) is 0 Å². The predicted molar refractivity (Wildman–Crippen MR) is 68.7 cm³/mol. The highest BCUT2D eigenvalue weighted by Gasteiger charge is 2.33. The van der Waals surface area contributed by atoms with Gasteiger partial charge in [-0.25, -0.2) is 4.79 Å². The first-order chi connectivity index (χ1) is 9.36. The second kappa shape index (κ2) is 7.70. The maximum atomic E-state index is 10.1. The standard InChI is InChI=1S/C7H10.C6H12O7/c1-2-7-4-3-6(1)5-7;7-1-2(8)3(9)4(10)5(11)6(12)13/h1-2,6-7H,3-5H2;2-5,7-11H,1H2,(H,12,13)/t;2-,3-,4+,5-/m.1/s1. The van der Waals surface area contributed by atoms with Crippen LogP contribution in [0, 0.1) is 11.8 Å². The average Bonchev–Trinajstić information content (AvgIpc) is 3.09. The van der Waals surface area contributed by atoms with Crippen molar-refractivity contribution in [3.63, 3.8) is 0 Å². The second-order valence-corrected chi connectivity index (χ2v) is 5.23. The monoisotopic (exact) mass is 290 g/mol. The maximum Gasteiger partial charge on any atom is 0.335 e. The number of aliphatic hydroxyl groups excluding tert-OH is 5. The van der Waals surface area contributed by atoms with Crippen LogP contribution in [0.25, 0.3) is 0 Å². The number of carboxylic acid groups (broad SMARTS) is 1. The lowest BCUT2D eigenvalue weighted by atomic mass is 10.0. The van der Waals surface area contributed by atoms with E-state index in [2.05, 4.69) is 12.2 Å². The Labute approximate surface area is 116 Å². The van der Waals surface area contributed by atoms with E-state index in [1.165, 1.54) is 19.3 Å². The number of carbonyl (C=O) groups is 1. The van der Waals surface area contributed by atoms with Crippen LogP contribution in [-0.2, 0) is 4.79 Å². The Bertz CT molecular complexity index is 332. The molecule has 7 nitrogen and oxygen atoms in total. The zero-order chi connectivity index (χ0) is 15.3. The molecule has 0 aromatic carbocycles. The Hall–Kier alpha value is -0.990. The molecular weight excluding hydrogens is 268 g/mol. The van der Waals surface area contributed by atoms with Gasteiger partial charge < -0.3 is 30.6 Å². The van der Waals surface area contributed by atoms with Crippen molar-refractivity contribution in [1.29, 1.82) is 0 Å².